The maximum Gasteiger partial charge on any atom is 0.323 e. The number of carbonyl (C=O) groups excluding carboxylic acids is 1. The second-order valence-corrected chi connectivity index (χ2v) is 5.18. The summed E-state index contributed by atoms with van der Waals surface area (Å²) in [5, 5.41) is 15.1. The molecule has 0 bridgehead atoms. The Kier molecular flexibility index (Phi) is 5.98. The number of carboxylic acids is 1. The molecule has 0 saturated carbocycles. The number of hydrogen-bond acceptors (Lipinski definition) is 3. The van der Waals surface area contributed by atoms with Crippen LogP contribution in [0.3, 0.4) is 0 Å². The summed E-state index contributed by atoms with van der Waals surface area (Å²) in [5.74, 6) is -1.30. The molecule has 1 unspecified atom stereocenters. The monoisotopic (exact) mass is 298 g/mol. The highest BCUT2D eigenvalue weighted by molar-refractivity contribution is 6.33. The van der Waals surface area contributed by atoms with Gasteiger partial charge >= 0.3 is 5.97 Å². The first kappa shape index (κ1) is 16.5. The van der Waals surface area contributed by atoms with Gasteiger partial charge in [-0.2, -0.15) is 0 Å². The number of nitrogens with one attached hydrogen (secondary N) is 2. The average Bonchev–Trinajstić information content (AvgIpc) is 2.39. The number of carbonyl (C=O) groups is 2. The van der Waals surface area contributed by atoms with Crippen LogP contribution in [0, 0.1) is 0 Å². The third-order valence-electron chi connectivity index (χ3n) is 3.01. The molecule has 20 heavy (non-hydrogen) atoms. The summed E-state index contributed by atoms with van der Waals surface area (Å²) < 4.78 is 0. The lowest BCUT2D eigenvalue weighted by Gasteiger charge is -2.25. The van der Waals surface area contributed by atoms with Gasteiger partial charge in [-0.1, -0.05) is 37.1 Å². The van der Waals surface area contributed by atoms with Crippen LogP contribution < -0.4 is 10.6 Å². The lowest BCUT2D eigenvalue weighted by atomic mass is 9.96. The molecule has 0 aliphatic rings. The highest BCUT2D eigenvalue weighted by Crippen LogP contribution is 2.20. The molecule has 0 fully saturated rings. The number of amides is 1. The molecule has 1 aromatic carbocycles. The topological polar surface area (TPSA) is 78.4 Å². The Bertz CT molecular complexity index is 493. The van der Waals surface area contributed by atoms with Crippen LogP contribution in [0.5, 0.6) is 0 Å². The zero-order chi connectivity index (χ0) is 15.2. The first-order chi connectivity index (χ1) is 9.39. The molecule has 0 aromatic heterocycles. The summed E-state index contributed by atoms with van der Waals surface area (Å²) >= 11 is 5.93. The van der Waals surface area contributed by atoms with Crippen molar-refractivity contribution in [2.75, 3.05) is 11.9 Å². The zero-order valence-electron chi connectivity index (χ0n) is 11.6. The molecule has 0 radical (unpaired) electrons. The van der Waals surface area contributed by atoms with Gasteiger partial charge in [-0.15, -0.1) is 0 Å². The maximum absolute atomic E-state index is 11.8. The largest absolute Gasteiger partial charge is 0.480 e. The minimum absolute atomic E-state index is 0.0893. The Morgan fingerprint density at radius 3 is 2.55 bits per heavy atom. The fraction of sp³-hybridized carbons (Fsp3) is 0.429. The van der Waals surface area contributed by atoms with E-state index in [1.54, 1.807) is 31.2 Å². The van der Waals surface area contributed by atoms with Gasteiger partial charge in [0.15, 0.2) is 0 Å². The third kappa shape index (κ3) is 4.51. The SMILES string of the molecule is CCCC(C)(NCC(=O)Nc1ccccc1Cl)C(=O)O. The molecule has 1 aromatic rings. The highest BCUT2D eigenvalue weighted by atomic mass is 35.5. The van der Waals surface area contributed by atoms with E-state index >= 15 is 0 Å². The van der Waals surface area contributed by atoms with E-state index in [4.69, 9.17) is 11.6 Å². The highest BCUT2D eigenvalue weighted by Gasteiger charge is 2.31. The second-order valence-electron chi connectivity index (χ2n) is 4.77. The molecule has 1 rings (SSSR count). The minimum Gasteiger partial charge on any atom is -0.480 e. The number of hydrogen-bond donors (Lipinski definition) is 3. The maximum atomic E-state index is 11.8. The molecular weight excluding hydrogens is 280 g/mol. The van der Waals surface area contributed by atoms with Gasteiger partial charge in [0.2, 0.25) is 5.91 Å². The summed E-state index contributed by atoms with van der Waals surface area (Å²) in [6.07, 6.45) is 1.16. The molecule has 1 atom stereocenters. The summed E-state index contributed by atoms with van der Waals surface area (Å²) in [5.41, 5.74) is -0.597. The van der Waals surface area contributed by atoms with E-state index in [1.807, 2.05) is 6.92 Å². The van der Waals surface area contributed by atoms with E-state index in [-0.39, 0.29) is 12.5 Å². The van der Waals surface area contributed by atoms with Crippen molar-refractivity contribution in [3.63, 3.8) is 0 Å². The molecule has 6 heteroatoms. The van der Waals surface area contributed by atoms with Crippen LogP contribution in [0.2, 0.25) is 5.02 Å². The molecule has 5 nitrogen and oxygen atoms in total. The van der Waals surface area contributed by atoms with Crippen LogP contribution in [0.1, 0.15) is 26.7 Å². The molecule has 0 saturated heterocycles. The van der Waals surface area contributed by atoms with E-state index < -0.39 is 11.5 Å². The van der Waals surface area contributed by atoms with Gasteiger partial charge in [0.05, 0.1) is 17.3 Å². The van der Waals surface area contributed by atoms with Crippen LogP contribution >= 0.6 is 11.6 Å². The number of anilines is 1. The third-order valence-corrected chi connectivity index (χ3v) is 3.34. The number of para-hydroxylation sites is 1. The van der Waals surface area contributed by atoms with E-state index in [0.717, 1.165) is 0 Å². The fourth-order valence-corrected chi connectivity index (χ4v) is 1.99. The van der Waals surface area contributed by atoms with Crippen LogP contribution in [0.25, 0.3) is 0 Å². The van der Waals surface area contributed by atoms with Crippen molar-refractivity contribution in [1.82, 2.24) is 5.32 Å². The average molecular weight is 299 g/mol. The van der Waals surface area contributed by atoms with Gasteiger partial charge in [0.25, 0.3) is 0 Å². The molecule has 0 aliphatic heterocycles. The normalized spacial score (nSPS) is 13.6. The Morgan fingerprint density at radius 2 is 2.00 bits per heavy atom. The van der Waals surface area contributed by atoms with E-state index in [2.05, 4.69) is 10.6 Å². The van der Waals surface area contributed by atoms with Gasteiger partial charge in [0, 0.05) is 0 Å². The number of carboxylic acid groups (broad SMARTS) is 1. The lowest BCUT2D eigenvalue weighted by molar-refractivity contribution is -0.144. The van der Waals surface area contributed by atoms with Crippen LogP contribution in [0.4, 0.5) is 5.69 Å². The van der Waals surface area contributed by atoms with Crippen molar-refractivity contribution in [1.29, 1.82) is 0 Å². The summed E-state index contributed by atoms with van der Waals surface area (Å²) in [4.78, 5) is 23.0. The number of rotatable bonds is 7. The fourth-order valence-electron chi connectivity index (χ4n) is 1.80. The molecule has 0 heterocycles. The van der Waals surface area contributed by atoms with E-state index in [1.165, 1.54) is 0 Å². The van der Waals surface area contributed by atoms with Crippen LogP contribution in [-0.4, -0.2) is 29.1 Å². The molecule has 0 spiro atoms. The van der Waals surface area contributed by atoms with Gasteiger partial charge in [-0.05, 0) is 25.5 Å². The quantitative estimate of drug-likeness (QED) is 0.723. The molecule has 0 aliphatic carbocycles. The Hall–Kier alpha value is -1.59. The minimum atomic E-state index is -1.10. The predicted molar refractivity (Wildman–Crippen MR) is 79.0 cm³/mol. The zero-order valence-corrected chi connectivity index (χ0v) is 12.3. The molecular formula is C14H19ClN2O3. The van der Waals surface area contributed by atoms with Crippen molar-refractivity contribution in [2.24, 2.45) is 0 Å². The van der Waals surface area contributed by atoms with Crippen molar-refractivity contribution in [3.05, 3.63) is 29.3 Å². The molecule has 1 amide bonds. The van der Waals surface area contributed by atoms with Crippen molar-refractivity contribution < 1.29 is 14.7 Å². The summed E-state index contributed by atoms with van der Waals surface area (Å²) in [7, 11) is 0. The van der Waals surface area contributed by atoms with Gasteiger partial charge < -0.3 is 10.4 Å². The standard InChI is InChI=1S/C14H19ClN2O3/c1-3-8-14(2,13(19)20)16-9-12(18)17-11-7-5-4-6-10(11)15/h4-7,16H,3,8-9H2,1-2H3,(H,17,18)(H,19,20). The Morgan fingerprint density at radius 1 is 1.35 bits per heavy atom. The van der Waals surface area contributed by atoms with Gasteiger partial charge in [-0.25, -0.2) is 0 Å². The first-order valence-electron chi connectivity index (χ1n) is 6.42. The first-order valence-corrected chi connectivity index (χ1v) is 6.79. The second kappa shape index (κ2) is 7.26. The van der Waals surface area contributed by atoms with E-state index in [9.17, 15) is 14.7 Å². The van der Waals surface area contributed by atoms with Crippen molar-refractivity contribution in [3.8, 4) is 0 Å². The van der Waals surface area contributed by atoms with E-state index in [0.29, 0.717) is 23.6 Å². The smallest absolute Gasteiger partial charge is 0.323 e. The Balaban J connectivity index is 2.59. The number of benzene rings is 1. The van der Waals surface area contributed by atoms with Crippen molar-refractivity contribution in [2.45, 2.75) is 32.2 Å². The number of aliphatic carboxylic acids is 1. The summed E-state index contributed by atoms with van der Waals surface area (Å²) in [6.45, 7) is 3.38. The Labute approximate surface area is 123 Å². The lowest BCUT2D eigenvalue weighted by Crippen LogP contribution is -2.51. The number of halogens is 1. The predicted octanol–water partition coefficient (Wildman–Crippen LogP) is 2.51. The molecule has 110 valence electrons. The molecule has 3 N–H and O–H groups in total. The van der Waals surface area contributed by atoms with Gasteiger partial charge in [0.1, 0.15) is 5.54 Å². The summed E-state index contributed by atoms with van der Waals surface area (Å²) in [6, 6.07) is 6.87. The van der Waals surface area contributed by atoms with Crippen molar-refractivity contribution >= 4 is 29.2 Å². The van der Waals surface area contributed by atoms with Crippen LogP contribution in [-0.2, 0) is 9.59 Å². The van der Waals surface area contributed by atoms with Crippen LogP contribution in [0.15, 0.2) is 24.3 Å². The van der Waals surface area contributed by atoms with Gasteiger partial charge in [-0.3, -0.25) is 14.9 Å².